The van der Waals surface area contributed by atoms with Crippen molar-refractivity contribution in [1.29, 1.82) is 0 Å². The molecule has 1 atom stereocenters. The summed E-state index contributed by atoms with van der Waals surface area (Å²) in [5.41, 5.74) is 1.59. The number of halogens is 2. The Kier molecular flexibility index (Phi) is 5.87. The molecule has 8 heteroatoms. The van der Waals surface area contributed by atoms with Crippen LogP contribution in [0.4, 0.5) is 0 Å². The van der Waals surface area contributed by atoms with Gasteiger partial charge in [0.2, 0.25) is 0 Å². The molecule has 0 radical (unpaired) electrons. The number of rotatable bonds is 6. The second-order valence-corrected chi connectivity index (χ2v) is 8.09. The van der Waals surface area contributed by atoms with Gasteiger partial charge in [0.15, 0.2) is 5.75 Å². The Morgan fingerprint density at radius 3 is 2.55 bits per heavy atom. The minimum Gasteiger partial charge on any atom is -0.488 e. The van der Waals surface area contributed by atoms with Crippen LogP contribution in [0.15, 0.2) is 65.0 Å². The van der Waals surface area contributed by atoms with E-state index in [9.17, 15) is 9.90 Å². The second-order valence-electron chi connectivity index (χ2n) is 6.41. The fourth-order valence-electron chi connectivity index (χ4n) is 3.01. The number of hydrogen-bond acceptors (Lipinski definition) is 5. The quantitative estimate of drug-likeness (QED) is 0.458. The highest BCUT2D eigenvalue weighted by Gasteiger charge is 2.16. The molecular weight excluding hydrogens is 431 g/mol. The number of aromatic nitrogens is 2. The van der Waals surface area contributed by atoms with E-state index >= 15 is 0 Å². The summed E-state index contributed by atoms with van der Waals surface area (Å²) in [6, 6.07) is 14.7. The average Bonchev–Trinajstić information content (AvgIpc) is 3.15. The zero-order valence-electron chi connectivity index (χ0n) is 15.1. The van der Waals surface area contributed by atoms with E-state index < -0.39 is 6.10 Å². The lowest BCUT2D eigenvalue weighted by atomic mass is 10.1. The monoisotopic (exact) mass is 446 g/mol. The number of hydrogen-bond donors (Lipinski definition) is 1. The Morgan fingerprint density at radius 1 is 1.10 bits per heavy atom. The van der Waals surface area contributed by atoms with Crippen LogP contribution in [0, 0.1) is 0 Å². The van der Waals surface area contributed by atoms with Crippen LogP contribution in [0.1, 0.15) is 0 Å². The third kappa shape index (κ3) is 4.16. The Labute approximate surface area is 180 Å². The van der Waals surface area contributed by atoms with E-state index in [2.05, 4.69) is 4.98 Å². The van der Waals surface area contributed by atoms with Gasteiger partial charge in [-0.1, -0.05) is 59.6 Å². The predicted molar refractivity (Wildman–Crippen MR) is 117 cm³/mol. The number of fused-ring (bicyclic) bond motifs is 1. The highest BCUT2D eigenvalue weighted by Crippen LogP contribution is 2.32. The van der Waals surface area contributed by atoms with E-state index in [1.165, 1.54) is 22.2 Å². The predicted octanol–water partition coefficient (Wildman–Crippen LogP) is 4.87. The molecule has 0 aliphatic rings. The number of aliphatic hydroxyl groups excluding tert-OH is 1. The molecule has 0 saturated heterocycles. The highest BCUT2D eigenvalue weighted by atomic mass is 35.5. The summed E-state index contributed by atoms with van der Waals surface area (Å²) in [6.07, 6.45) is 0.500. The SMILES string of the molecule is O=c1c2c(-c3ccccc3)csc2ncn1C[C@H](O)COc1c(Cl)cccc1Cl. The minimum atomic E-state index is -0.946. The Hall–Kier alpha value is -2.38. The van der Waals surface area contributed by atoms with Gasteiger partial charge in [-0.15, -0.1) is 11.3 Å². The molecule has 0 amide bonds. The molecule has 0 spiro atoms. The van der Waals surface area contributed by atoms with Crippen molar-refractivity contribution in [3.8, 4) is 16.9 Å². The van der Waals surface area contributed by atoms with E-state index in [0.717, 1.165) is 11.1 Å². The summed E-state index contributed by atoms with van der Waals surface area (Å²) in [5.74, 6) is 0.306. The van der Waals surface area contributed by atoms with Crippen LogP contribution < -0.4 is 10.3 Å². The molecule has 4 rings (SSSR count). The van der Waals surface area contributed by atoms with Gasteiger partial charge in [0.1, 0.15) is 17.5 Å². The van der Waals surface area contributed by atoms with Gasteiger partial charge in [0.05, 0.1) is 28.3 Å². The van der Waals surface area contributed by atoms with Crippen molar-refractivity contribution in [2.45, 2.75) is 12.6 Å². The van der Waals surface area contributed by atoms with Crippen LogP contribution in [0.2, 0.25) is 10.0 Å². The lowest BCUT2D eigenvalue weighted by molar-refractivity contribution is 0.0916. The molecule has 29 heavy (non-hydrogen) atoms. The molecule has 0 unspecified atom stereocenters. The summed E-state index contributed by atoms with van der Waals surface area (Å²) in [6.45, 7) is -0.0307. The molecule has 0 aliphatic carbocycles. The van der Waals surface area contributed by atoms with Crippen LogP contribution in [0.25, 0.3) is 21.3 Å². The van der Waals surface area contributed by atoms with Crippen LogP contribution in [-0.2, 0) is 6.54 Å². The van der Waals surface area contributed by atoms with Crippen LogP contribution in [0.3, 0.4) is 0 Å². The first-order chi connectivity index (χ1) is 14.0. The summed E-state index contributed by atoms with van der Waals surface area (Å²) in [7, 11) is 0. The first kappa shape index (κ1) is 19.9. The maximum atomic E-state index is 13.0. The van der Waals surface area contributed by atoms with Gasteiger partial charge in [-0.3, -0.25) is 9.36 Å². The zero-order valence-corrected chi connectivity index (χ0v) is 17.4. The number of nitrogens with zero attached hydrogens (tertiary/aromatic N) is 2. The normalized spacial score (nSPS) is 12.2. The Balaban J connectivity index is 1.57. The molecule has 4 aromatic rings. The summed E-state index contributed by atoms with van der Waals surface area (Å²) >= 11 is 13.6. The van der Waals surface area contributed by atoms with E-state index in [1.54, 1.807) is 18.2 Å². The molecule has 2 aromatic heterocycles. The van der Waals surface area contributed by atoms with Gasteiger partial charge in [0, 0.05) is 10.9 Å². The number of thiophene rings is 1. The lowest BCUT2D eigenvalue weighted by Gasteiger charge is -2.15. The van der Waals surface area contributed by atoms with Gasteiger partial charge in [0.25, 0.3) is 5.56 Å². The van der Waals surface area contributed by atoms with Crippen molar-refractivity contribution in [2.24, 2.45) is 0 Å². The molecule has 0 saturated carbocycles. The van der Waals surface area contributed by atoms with Crippen molar-refractivity contribution < 1.29 is 9.84 Å². The van der Waals surface area contributed by atoms with E-state index in [0.29, 0.717) is 26.0 Å². The first-order valence-electron chi connectivity index (χ1n) is 8.81. The third-order valence-electron chi connectivity index (χ3n) is 4.39. The fraction of sp³-hybridized carbons (Fsp3) is 0.143. The average molecular weight is 447 g/mol. The van der Waals surface area contributed by atoms with E-state index in [4.69, 9.17) is 27.9 Å². The van der Waals surface area contributed by atoms with E-state index in [-0.39, 0.29) is 18.7 Å². The van der Waals surface area contributed by atoms with Crippen molar-refractivity contribution in [2.75, 3.05) is 6.61 Å². The number of aliphatic hydroxyl groups is 1. The molecule has 0 aliphatic heterocycles. The second kappa shape index (κ2) is 8.55. The Bertz CT molecular complexity index is 1190. The zero-order chi connectivity index (χ0) is 20.4. The standard InChI is InChI=1S/C21H16Cl2N2O3S/c22-16-7-4-8-17(23)19(16)28-10-14(26)9-25-12-24-20-18(21(25)27)15(11-29-20)13-5-2-1-3-6-13/h1-8,11-12,14,26H,9-10H2/t14-/m0/s1. The highest BCUT2D eigenvalue weighted by molar-refractivity contribution is 7.17. The van der Waals surface area contributed by atoms with Crippen LogP contribution >= 0.6 is 34.5 Å². The van der Waals surface area contributed by atoms with Crippen molar-refractivity contribution in [3.05, 3.63) is 80.6 Å². The molecule has 2 aromatic carbocycles. The van der Waals surface area contributed by atoms with E-state index in [1.807, 2.05) is 35.7 Å². The summed E-state index contributed by atoms with van der Waals surface area (Å²) < 4.78 is 6.95. The molecule has 0 fully saturated rings. The number of para-hydroxylation sites is 1. The van der Waals surface area contributed by atoms with Gasteiger partial charge in [-0.05, 0) is 17.7 Å². The molecule has 0 bridgehead atoms. The third-order valence-corrected chi connectivity index (χ3v) is 5.87. The largest absolute Gasteiger partial charge is 0.488 e. The molecule has 1 N–H and O–H groups in total. The molecule has 148 valence electrons. The maximum Gasteiger partial charge on any atom is 0.262 e. The van der Waals surface area contributed by atoms with Crippen molar-refractivity contribution >= 4 is 44.8 Å². The lowest BCUT2D eigenvalue weighted by Crippen LogP contribution is -2.30. The van der Waals surface area contributed by atoms with Crippen molar-refractivity contribution in [3.63, 3.8) is 0 Å². The number of benzene rings is 2. The summed E-state index contributed by atoms with van der Waals surface area (Å²) in [4.78, 5) is 18.1. The molecule has 5 nitrogen and oxygen atoms in total. The maximum absolute atomic E-state index is 13.0. The smallest absolute Gasteiger partial charge is 0.262 e. The van der Waals surface area contributed by atoms with Gasteiger partial charge < -0.3 is 9.84 Å². The van der Waals surface area contributed by atoms with Gasteiger partial charge >= 0.3 is 0 Å². The van der Waals surface area contributed by atoms with Gasteiger partial charge in [-0.2, -0.15) is 0 Å². The Morgan fingerprint density at radius 2 is 1.83 bits per heavy atom. The number of ether oxygens (including phenoxy) is 1. The fourth-order valence-corrected chi connectivity index (χ4v) is 4.42. The van der Waals surface area contributed by atoms with Gasteiger partial charge in [-0.25, -0.2) is 4.98 Å². The molecular formula is C21H16Cl2N2O3S. The summed E-state index contributed by atoms with van der Waals surface area (Å²) in [5, 5.41) is 13.6. The topological polar surface area (TPSA) is 64.4 Å². The first-order valence-corrected chi connectivity index (χ1v) is 10.4. The molecule has 2 heterocycles. The van der Waals surface area contributed by atoms with Crippen molar-refractivity contribution in [1.82, 2.24) is 9.55 Å². The van der Waals surface area contributed by atoms with Crippen LogP contribution in [-0.4, -0.2) is 27.4 Å². The minimum absolute atomic E-state index is 0.0356. The van der Waals surface area contributed by atoms with Crippen LogP contribution in [0.5, 0.6) is 5.75 Å².